The number of piperazine rings is 1. The van der Waals surface area contributed by atoms with Crippen LogP contribution in [0.5, 0.6) is 0 Å². The van der Waals surface area contributed by atoms with Crippen LogP contribution >= 0.6 is 0 Å². The quantitative estimate of drug-likeness (QED) is 0.462. The summed E-state index contributed by atoms with van der Waals surface area (Å²) in [5.41, 5.74) is 0. The predicted molar refractivity (Wildman–Crippen MR) is 104 cm³/mol. The van der Waals surface area contributed by atoms with Crippen molar-refractivity contribution in [1.29, 1.82) is 0 Å². The van der Waals surface area contributed by atoms with E-state index in [1.807, 2.05) is 11.9 Å². The molecule has 0 aromatic rings. The summed E-state index contributed by atoms with van der Waals surface area (Å²) in [6.07, 6.45) is 11.4. The number of guanidine groups is 1. The summed E-state index contributed by atoms with van der Waals surface area (Å²) in [6.45, 7) is 4.95. The topological polar surface area (TPSA) is 57.2 Å². The molecule has 6 nitrogen and oxygen atoms in total. The van der Waals surface area contributed by atoms with Crippen molar-refractivity contribution in [2.45, 2.75) is 63.9 Å². The Kier molecular flexibility index (Phi) is 7.59. The first-order valence-electron chi connectivity index (χ1n) is 10.6. The zero-order chi connectivity index (χ0) is 18.2. The number of amides is 1. The summed E-state index contributed by atoms with van der Waals surface area (Å²) in [6, 6.07) is 0. The maximum atomic E-state index is 12.4. The van der Waals surface area contributed by atoms with Crippen molar-refractivity contribution >= 4 is 11.9 Å². The molecule has 3 aliphatic rings. The largest absolute Gasteiger partial charge is 0.368 e. The molecule has 0 aromatic carbocycles. The minimum atomic E-state index is -0.196. The van der Waals surface area contributed by atoms with Crippen LogP contribution in [-0.2, 0) is 9.53 Å². The van der Waals surface area contributed by atoms with Gasteiger partial charge in [0.05, 0.1) is 0 Å². The lowest BCUT2D eigenvalue weighted by Gasteiger charge is -2.37. The number of hydrogen-bond acceptors (Lipinski definition) is 3. The van der Waals surface area contributed by atoms with Crippen molar-refractivity contribution in [3.63, 3.8) is 0 Å². The van der Waals surface area contributed by atoms with Gasteiger partial charge in [-0.05, 0) is 31.6 Å². The molecule has 148 valence electrons. The van der Waals surface area contributed by atoms with Gasteiger partial charge in [0.15, 0.2) is 5.96 Å². The SMILES string of the molecule is CN=C(NCCCC1CCCCC1)N1CCN(C(=O)C2CCCO2)CC1. The number of hydrogen-bond donors (Lipinski definition) is 1. The summed E-state index contributed by atoms with van der Waals surface area (Å²) in [5, 5.41) is 3.53. The summed E-state index contributed by atoms with van der Waals surface area (Å²) in [7, 11) is 1.85. The number of carbonyl (C=O) groups excluding carboxylic acids is 1. The molecule has 0 radical (unpaired) electrons. The fourth-order valence-corrected chi connectivity index (χ4v) is 4.51. The van der Waals surface area contributed by atoms with E-state index in [1.165, 1.54) is 44.9 Å². The van der Waals surface area contributed by atoms with Crippen LogP contribution in [0, 0.1) is 5.92 Å². The molecule has 1 saturated carbocycles. The second-order valence-electron chi connectivity index (χ2n) is 7.93. The van der Waals surface area contributed by atoms with Crippen molar-refractivity contribution < 1.29 is 9.53 Å². The van der Waals surface area contributed by atoms with E-state index < -0.39 is 0 Å². The lowest BCUT2D eigenvalue weighted by molar-refractivity contribution is -0.142. The smallest absolute Gasteiger partial charge is 0.251 e. The summed E-state index contributed by atoms with van der Waals surface area (Å²) in [5.74, 6) is 2.11. The molecule has 6 heteroatoms. The number of nitrogens with one attached hydrogen (secondary N) is 1. The van der Waals surface area contributed by atoms with E-state index in [0.717, 1.165) is 64.0 Å². The molecule has 1 N–H and O–H groups in total. The molecule has 26 heavy (non-hydrogen) atoms. The first-order chi connectivity index (χ1) is 12.8. The lowest BCUT2D eigenvalue weighted by Crippen LogP contribution is -2.55. The third kappa shape index (κ3) is 5.35. The van der Waals surface area contributed by atoms with Crippen molar-refractivity contribution in [3.05, 3.63) is 0 Å². The van der Waals surface area contributed by atoms with E-state index in [4.69, 9.17) is 4.74 Å². The minimum Gasteiger partial charge on any atom is -0.368 e. The Morgan fingerprint density at radius 1 is 1.04 bits per heavy atom. The molecule has 2 saturated heterocycles. The summed E-state index contributed by atoms with van der Waals surface area (Å²) < 4.78 is 5.54. The number of rotatable bonds is 5. The normalized spacial score (nSPS) is 25.6. The lowest BCUT2D eigenvalue weighted by atomic mass is 9.86. The predicted octanol–water partition coefficient (Wildman–Crippen LogP) is 2.25. The van der Waals surface area contributed by atoms with Gasteiger partial charge in [0, 0.05) is 46.4 Å². The third-order valence-corrected chi connectivity index (χ3v) is 6.10. The summed E-state index contributed by atoms with van der Waals surface area (Å²) >= 11 is 0. The Bertz CT molecular complexity index is 462. The highest BCUT2D eigenvalue weighted by atomic mass is 16.5. The molecule has 1 atom stereocenters. The zero-order valence-electron chi connectivity index (χ0n) is 16.4. The Morgan fingerprint density at radius 2 is 1.77 bits per heavy atom. The number of aliphatic imine (C=N–C) groups is 1. The Hall–Kier alpha value is -1.30. The van der Waals surface area contributed by atoms with Crippen molar-refractivity contribution in [3.8, 4) is 0 Å². The van der Waals surface area contributed by atoms with Crippen LogP contribution in [0.1, 0.15) is 57.8 Å². The van der Waals surface area contributed by atoms with Crippen LogP contribution in [0.15, 0.2) is 4.99 Å². The van der Waals surface area contributed by atoms with Crippen molar-refractivity contribution in [2.24, 2.45) is 10.9 Å². The average molecular weight is 365 g/mol. The molecular formula is C20H36N4O2. The molecule has 0 spiro atoms. The average Bonchev–Trinajstić information content (AvgIpc) is 3.23. The van der Waals surface area contributed by atoms with Crippen LogP contribution in [0.25, 0.3) is 0 Å². The Morgan fingerprint density at radius 3 is 2.42 bits per heavy atom. The van der Waals surface area contributed by atoms with Gasteiger partial charge < -0.3 is 19.9 Å². The van der Waals surface area contributed by atoms with Gasteiger partial charge in [-0.3, -0.25) is 9.79 Å². The molecule has 3 rings (SSSR count). The number of carbonyl (C=O) groups is 1. The molecular weight excluding hydrogens is 328 g/mol. The standard InChI is InChI=1S/C20H36N4O2/c1-21-20(22-11-5-9-17-7-3-2-4-8-17)24-14-12-23(13-15-24)19(25)18-10-6-16-26-18/h17-18H,2-16H2,1H3,(H,21,22). The van der Waals surface area contributed by atoms with Crippen LogP contribution in [-0.4, -0.2) is 74.1 Å². The maximum absolute atomic E-state index is 12.4. The monoisotopic (exact) mass is 364 g/mol. The minimum absolute atomic E-state index is 0.178. The molecule has 1 aliphatic carbocycles. The van der Waals surface area contributed by atoms with E-state index in [9.17, 15) is 4.79 Å². The second kappa shape index (κ2) is 10.1. The highest BCUT2D eigenvalue weighted by Gasteiger charge is 2.30. The molecule has 3 fully saturated rings. The van der Waals surface area contributed by atoms with E-state index >= 15 is 0 Å². The van der Waals surface area contributed by atoms with Crippen LogP contribution in [0.3, 0.4) is 0 Å². The third-order valence-electron chi connectivity index (χ3n) is 6.10. The van der Waals surface area contributed by atoms with Crippen LogP contribution in [0.4, 0.5) is 0 Å². The second-order valence-corrected chi connectivity index (χ2v) is 7.93. The molecule has 0 bridgehead atoms. The van der Waals surface area contributed by atoms with Gasteiger partial charge in [0.1, 0.15) is 6.10 Å². The van der Waals surface area contributed by atoms with E-state index in [2.05, 4.69) is 15.2 Å². The fraction of sp³-hybridized carbons (Fsp3) is 0.900. The number of ether oxygens (including phenoxy) is 1. The van der Waals surface area contributed by atoms with Gasteiger partial charge in [-0.15, -0.1) is 0 Å². The molecule has 2 aliphatic heterocycles. The first-order valence-corrected chi connectivity index (χ1v) is 10.6. The zero-order valence-corrected chi connectivity index (χ0v) is 16.4. The van der Waals surface area contributed by atoms with Gasteiger partial charge in [0.2, 0.25) is 0 Å². The Labute approximate surface area is 158 Å². The van der Waals surface area contributed by atoms with Gasteiger partial charge >= 0.3 is 0 Å². The van der Waals surface area contributed by atoms with Gasteiger partial charge in [-0.1, -0.05) is 32.1 Å². The van der Waals surface area contributed by atoms with Gasteiger partial charge in [-0.2, -0.15) is 0 Å². The van der Waals surface area contributed by atoms with Gasteiger partial charge in [-0.25, -0.2) is 0 Å². The molecule has 1 unspecified atom stereocenters. The van der Waals surface area contributed by atoms with Crippen molar-refractivity contribution in [1.82, 2.24) is 15.1 Å². The van der Waals surface area contributed by atoms with E-state index in [-0.39, 0.29) is 12.0 Å². The van der Waals surface area contributed by atoms with Crippen molar-refractivity contribution in [2.75, 3.05) is 46.4 Å². The number of nitrogens with zero attached hydrogens (tertiary/aromatic N) is 3. The molecule has 1 amide bonds. The molecule has 0 aromatic heterocycles. The highest BCUT2D eigenvalue weighted by Crippen LogP contribution is 2.27. The highest BCUT2D eigenvalue weighted by molar-refractivity contribution is 5.82. The van der Waals surface area contributed by atoms with E-state index in [0.29, 0.717) is 0 Å². The van der Waals surface area contributed by atoms with E-state index in [1.54, 1.807) is 0 Å². The first kappa shape index (κ1) is 19.5. The van der Waals surface area contributed by atoms with Crippen LogP contribution in [0.2, 0.25) is 0 Å². The summed E-state index contributed by atoms with van der Waals surface area (Å²) in [4.78, 5) is 21.1. The Balaban J connectivity index is 1.34. The van der Waals surface area contributed by atoms with Gasteiger partial charge in [0.25, 0.3) is 5.91 Å². The molecule has 2 heterocycles. The van der Waals surface area contributed by atoms with Crippen LogP contribution < -0.4 is 5.32 Å². The fourth-order valence-electron chi connectivity index (χ4n) is 4.51. The maximum Gasteiger partial charge on any atom is 0.251 e.